The Kier molecular flexibility index (Phi) is 4.57. The molecule has 0 radical (unpaired) electrons. The zero-order valence-corrected chi connectivity index (χ0v) is 10.4. The lowest BCUT2D eigenvalue weighted by atomic mass is 10.1. The Morgan fingerprint density at radius 3 is 2.47 bits per heavy atom. The fourth-order valence-corrected chi connectivity index (χ4v) is 1.46. The standard InChI is InChI=1S/C12H13FN2O4/c1-6(14-7(2)16)11(17)15-9-5-3-4-8(13)10(9)12(18)19/h3-6H,1-2H3,(H,14,16)(H,15,17)(H,18,19). The molecule has 0 saturated heterocycles. The van der Waals surface area contributed by atoms with Crippen LogP contribution in [0.1, 0.15) is 24.2 Å². The Morgan fingerprint density at radius 1 is 1.32 bits per heavy atom. The van der Waals surface area contributed by atoms with Crippen LogP contribution < -0.4 is 10.6 Å². The van der Waals surface area contributed by atoms with Gasteiger partial charge in [0.15, 0.2) is 0 Å². The van der Waals surface area contributed by atoms with Crippen LogP contribution in [0.5, 0.6) is 0 Å². The van der Waals surface area contributed by atoms with Crippen LogP contribution in [0.2, 0.25) is 0 Å². The van der Waals surface area contributed by atoms with Crippen LogP contribution in [0.15, 0.2) is 18.2 Å². The van der Waals surface area contributed by atoms with Gasteiger partial charge in [-0.25, -0.2) is 9.18 Å². The van der Waals surface area contributed by atoms with Crippen molar-refractivity contribution in [1.29, 1.82) is 0 Å². The average Bonchev–Trinajstić information content (AvgIpc) is 2.27. The minimum atomic E-state index is -1.49. The predicted octanol–water partition coefficient (Wildman–Crippen LogP) is 0.987. The number of rotatable bonds is 4. The molecule has 19 heavy (non-hydrogen) atoms. The van der Waals surface area contributed by atoms with Crippen molar-refractivity contribution in [3.05, 3.63) is 29.6 Å². The van der Waals surface area contributed by atoms with E-state index in [1.165, 1.54) is 26.0 Å². The summed E-state index contributed by atoms with van der Waals surface area (Å²) < 4.78 is 13.4. The van der Waals surface area contributed by atoms with Crippen LogP contribution >= 0.6 is 0 Å². The van der Waals surface area contributed by atoms with Gasteiger partial charge in [-0.15, -0.1) is 0 Å². The van der Waals surface area contributed by atoms with Crippen molar-refractivity contribution in [2.24, 2.45) is 0 Å². The van der Waals surface area contributed by atoms with Crippen LogP contribution in [0.25, 0.3) is 0 Å². The van der Waals surface area contributed by atoms with Gasteiger partial charge in [0.05, 0.1) is 5.69 Å². The number of hydrogen-bond donors (Lipinski definition) is 3. The summed E-state index contributed by atoms with van der Waals surface area (Å²) >= 11 is 0. The van der Waals surface area contributed by atoms with Crippen LogP contribution in [0, 0.1) is 5.82 Å². The van der Waals surface area contributed by atoms with E-state index in [4.69, 9.17) is 5.11 Å². The van der Waals surface area contributed by atoms with Crippen LogP contribution in [-0.4, -0.2) is 28.9 Å². The summed E-state index contributed by atoms with van der Waals surface area (Å²) in [6.07, 6.45) is 0. The van der Waals surface area contributed by atoms with E-state index in [-0.39, 0.29) is 5.69 Å². The molecule has 0 fully saturated rings. The summed E-state index contributed by atoms with van der Waals surface area (Å²) in [4.78, 5) is 33.4. The summed E-state index contributed by atoms with van der Waals surface area (Å²) in [6, 6.07) is 2.67. The third-order valence-electron chi connectivity index (χ3n) is 2.30. The van der Waals surface area contributed by atoms with E-state index >= 15 is 0 Å². The maximum absolute atomic E-state index is 13.4. The number of hydrogen-bond acceptors (Lipinski definition) is 3. The summed E-state index contributed by atoms with van der Waals surface area (Å²) in [5.41, 5.74) is -0.777. The van der Waals surface area contributed by atoms with E-state index in [2.05, 4.69) is 10.6 Å². The van der Waals surface area contributed by atoms with Gasteiger partial charge >= 0.3 is 5.97 Å². The number of amides is 2. The molecular weight excluding hydrogens is 255 g/mol. The molecule has 0 aliphatic heterocycles. The van der Waals surface area contributed by atoms with E-state index < -0.39 is 35.2 Å². The van der Waals surface area contributed by atoms with Gasteiger partial charge in [-0.05, 0) is 19.1 Å². The van der Waals surface area contributed by atoms with Crippen LogP contribution in [0.3, 0.4) is 0 Å². The predicted molar refractivity (Wildman–Crippen MR) is 65.3 cm³/mol. The number of carbonyl (C=O) groups is 3. The number of nitrogens with one attached hydrogen (secondary N) is 2. The molecule has 1 aromatic carbocycles. The highest BCUT2D eigenvalue weighted by Crippen LogP contribution is 2.19. The maximum Gasteiger partial charge on any atom is 0.340 e. The topological polar surface area (TPSA) is 95.5 Å². The number of carboxylic acid groups (broad SMARTS) is 1. The number of aromatic carboxylic acids is 1. The average molecular weight is 268 g/mol. The highest BCUT2D eigenvalue weighted by atomic mass is 19.1. The summed E-state index contributed by atoms with van der Waals surface area (Å²) in [6.45, 7) is 2.67. The molecule has 0 bridgehead atoms. The zero-order valence-electron chi connectivity index (χ0n) is 10.4. The number of halogens is 1. The van der Waals surface area contributed by atoms with Gasteiger partial charge in [0.1, 0.15) is 17.4 Å². The van der Waals surface area contributed by atoms with Crippen LogP contribution in [0.4, 0.5) is 10.1 Å². The van der Waals surface area contributed by atoms with Crippen molar-refractivity contribution >= 4 is 23.5 Å². The lowest BCUT2D eigenvalue weighted by Gasteiger charge is -2.14. The van der Waals surface area contributed by atoms with Gasteiger partial charge in [0.2, 0.25) is 11.8 Å². The maximum atomic E-state index is 13.4. The van der Waals surface area contributed by atoms with Gasteiger partial charge in [0, 0.05) is 6.92 Å². The van der Waals surface area contributed by atoms with Crippen molar-refractivity contribution in [2.45, 2.75) is 19.9 Å². The highest BCUT2D eigenvalue weighted by molar-refractivity contribution is 6.02. The number of carboxylic acids is 1. The van der Waals surface area contributed by atoms with E-state index in [0.29, 0.717) is 0 Å². The molecule has 102 valence electrons. The first kappa shape index (κ1) is 14.6. The molecule has 0 aliphatic carbocycles. The molecule has 1 atom stereocenters. The van der Waals surface area contributed by atoms with Gasteiger partial charge in [-0.3, -0.25) is 9.59 Å². The minimum absolute atomic E-state index is 0.158. The first-order valence-corrected chi connectivity index (χ1v) is 5.42. The normalized spacial score (nSPS) is 11.5. The van der Waals surface area contributed by atoms with E-state index in [9.17, 15) is 18.8 Å². The van der Waals surface area contributed by atoms with Gasteiger partial charge in [-0.1, -0.05) is 6.07 Å². The van der Waals surface area contributed by atoms with E-state index in [1.54, 1.807) is 0 Å². The number of benzene rings is 1. The third-order valence-corrected chi connectivity index (χ3v) is 2.30. The second-order valence-electron chi connectivity index (χ2n) is 3.88. The van der Waals surface area contributed by atoms with Crippen molar-refractivity contribution < 1.29 is 23.9 Å². The van der Waals surface area contributed by atoms with Crippen molar-refractivity contribution in [3.8, 4) is 0 Å². The van der Waals surface area contributed by atoms with Gasteiger partial charge in [-0.2, -0.15) is 0 Å². The molecule has 1 rings (SSSR count). The van der Waals surface area contributed by atoms with Crippen LogP contribution in [-0.2, 0) is 9.59 Å². The quantitative estimate of drug-likeness (QED) is 0.758. The van der Waals surface area contributed by atoms with Crippen molar-refractivity contribution in [2.75, 3.05) is 5.32 Å². The molecule has 3 N–H and O–H groups in total. The smallest absolute Gasteiger partial charge is 0.340 e. The molecule has 0 heterocycles. The number of anilines is 1. The molecule has 1 unspecified atom stereocenters. The monoisotopic (exact) mass is 268 g/mol. The molecule has 1 aromatic rings. The summed E-state index contributed by atoms with van der Waals surface area (Å²) in [7, 11) is 0. The number of carbonyl (C=O) groups excluding carboxylic acids is 2. The van der Waals surface area contributed by atoms with Crippen molar-refractivity contribution in [3.63, 3.8) is 0 Å². The molecule has 0 spiro atoms. The molecule has 2 amide bonds. The fraction of sp³-hybridized carbons (Fsp3) is 0.250. The second kappa shape index (κ2) is 5.94. The zero-order chi connectivity index (χ0) is 14.6. The fourth-order valence-electron chi connectivity index (χ4n) is 1.46. The first-order chi connectivity index (χ1) is 8.82. The molecule has 0 aliphatic rings. The first-order valence-electron chi connectivity index (χ1n) is 5.42. The molecule has 0 saturated carbocycles. The largest absolute Gasteiger partial charge is 0.478 e. The SMILES string of the molecule is CC(=O)NC(C)C(=O)Nc1cccc(F)c1C(=O)O. The molecule has 0 aromatic heterocycles. The lowest BCUT2D eigenvalue weighted by Crippen LogP contribution is -2.40. The van der Waals surface area contributed by atoms with Gasteiger partial charge < -0.3 is 15.7 Å². The van der Waals surface area contributed by atoms with E-state index in [1.807, 2.05) is 0 Å². The lowest BCUT2D eigenvalue weighted by molar-refractivity contribution is -0.124. The minimum Gasteiger partial charge on any atom is -0.478 e. The Balaban J connectivity index is 2.94. The third kappa shape index (κ3) is 3.77. The highest BCUT2D eigenvalue weighted by Gasteiger charge is 2.20. The Bertz CT molecular complexity index is 530. The summed E-state index contributed by atoms with van der Waals surface area (Å²) in [5.74, 6) is -3.47. The molecular formula is C12H13FN2O4. The Morgan fingerprint density at radius 2 is 1.95 bits per heavy atom. The summed E-state index contributed by atoms with van der Waals surface area (Å²) in [5, 5.41) is 13.5. The second-order valence-corrected chi connectivity index (χ2v) is 3.88. The molecule has 7 heteroatoms. The Labute approximate surface area is 108 Å². The van der Waals surface area contributed by atoms with E-state index in [0.717, 1.165) is 6.07 Å². The molecule has 6 nitrogen and oxygen atoms in total. The van der Waals surface area contributed by atoms with Gasteiger partial charge in [0.25, 0.3) is 0 Å². The Hall–Kier alpha value is -2.44. The van der Waals surface area contributed by atoms with Crippen molar-refractivity contribution in [1.82, 2.24) is 5.32 Å².